The van der Waals surface area contributed by atoms with E-state index < -0.39 is 0 Å². The predicted molar refractivity (Wildman–Crippen MR) is 39.5 cm³/mol. The molecule has 0 radical (unpaired) electrons. The molecule has 60 valence electrons. The van der Waals surface area contributed by atoms with Crippen LogP contribution in [0.15, 0.2) is 0 Å². The molecule has 0 aliphatic heterocycles. The van der Waals surface area contributed by atoms with E-state index in [1.54, 1.807) is 0 Å². The number of rotatable bonds is 4. The van der Waals surface area contributed by atoms with Crippen molar-refractivity contribution in [2.24, 2.45) is 11.7 Å². The van der Waals surface area contributed by atoms with Crippen molar-refractivity contribution in [2.45, 2.75) is 20.3 Å². The summed E-state index contributed by atoms with van der Waals surface area (Å²) in [5.74, 6) is -0.175. The summed E-state index contributed by atoms with van der Waals surface area (Å²) in [6, 6.07) is 0. The average molecular weight is 145 g/mol. The number of esters is 1. The van der Waals surface area contributed by atoms with Crippen LogP contribution in [0.5, 0.6) is 0 Å². The zero-order valence-electron chi connectivity index (χ0n) is 6.59. The maximum absolute atomic E-state index is 10.8. The molecule has 0 aromatic carbocycles. The van der Waals surface area contributed by atoms with Crippen molar-refractivity contribution in [2.75, 3.05) is 13.2 Å². The molecule has 3 heteroatoms. The van der Waals surface area contributed by atoms with Crippen molar-refractivity contribution >= 4 is 5.97 Å². The maximum atomic E-state index is 10.8. The molecule has 0 rings (SSSR count). The van der Waals surface area contributed by atoms with Crippen LogP contribution in [0.2, 0.25) is 0 Å². The third-order valence-electron chi connectivity index (χ3n) is 1.06. The van der Waals surface area contributed by atoms with Crippen LogP contribution >= 0.6 is 0 Å². The number of carbonyl (C=O) groups excluding carboxylic acids is 1. The summed E-state index contributed by atoms with van der Waals surface area (Å²) in [5, 5.41) is 0. The summed E-state index contributed by atoms with van der Waals surface area (Å²) >= 11 is 0. The third kappa shape index (κ3) is 4.32. The van der Waals surface area contributed by atoms with Crippen LogP contribution in [0.25, 0.3) is 0 Å². The molecule has 0 saturated heterocycles. The first-order valence-electron chi connectivity index (χ1n) is 3.55. The van der Waals surface area contributed by atoms with Crippen molar-refractivity contribution < 1.29 is 9.53 Å². The Morgan fingerprint density at radius 1 is 1.60 bits per heavy atom. The van der Waals surface area contributed by atoms with Gasteiger partial charge in [0.25, 0.3) is 0 Å². The van der Waals surface area contributed by atoms with Crippen molar-refractivity contribution in [1.82, 2.24) is 0 Å². The smallest absolute Gasteiger partial charge is 0.308 e. The van der Waals surface area contributed by atoms with Gasteiger partial charge < -0.3 is 10.5 Å². The first kappa shape index (κ1) is 9.43. The molecule has 3 nitrogen and oxygen atoms in total. The summed E-state index contributed by atoms with van der Waals surface area (Å²) in [6.45, 7) is 4.65. The molecule has 2 N–H and O–H groups in total. The minimum absolute atomic E-state index is 0.0298. The van der Waals surface area contributed by atoms with E-state index >= 15 is 0 Å². The summed E-state index contributed by atoms with van der Waals surface area (Å²) in [7, 11) is 0. The first-order chi connectivity index (χ1) is 4.68. The molecule has 0 bridgehead atoms. The zero-order valence-corrected chi connectivity index (χ0v) is 6.59. The largest absolute Gasteiger partial charge is 0.465 e. The average Bonchev–Trinajstić information content (AvgIpc) is 1.88. The second kappa shape index (κ2) is 5.23. The summed E-state index contributed by atoms with van der Waals surface area (Å²) in [4.78, 5) is 10.8. The molecule has 0 aliphatic rings. The van der Waals surface area contributed by atoms with E-state index in [2.05, 4.69) is 0 Å². The van der Waals surface area contributed by atoms with Crippen molar-refractivity contribution in [1.29, 1.82) is 0 Å². The van der Waals surface area contributed by atoms with Gasteiger partial charge in [-0.25, -0.2) is 0 Å². The van der Waals surface area contributed by atoms with Crippen LogP contribution in [0.4, 0.5) is 0 Å². The molecule has 0 aliphatic carbocycles. The lowest BCUT2D eigenvalue weighted by atomic mass is 10.2. The molecule has 0 unspecified atom stereocenters. The number of hydrogen-bond acceptors (Lipinski definition) is 3. The monoisotopic (exact) mass is 145 g/mol. The molecule has 0 aromatic heterocycles. The second-order valence-corrected chi connectivity index (χ2v) is 2.46. The highest BCUT2D eigenvalue weighted by Gasteiger charge is 2.06. The highest BCUT2D eigenvalue weighted by atomic mass is 16.5. The van der Waals surface area contributed by atoms with E-state index in [0.717, 1.165) is 6.42 Å². The molecular formula is C7H15NO2. The van der Waals surface area contributed by atoms with Gasteiger partial charge in [0.2, 0.25) is 0 Å². The SMILES string of the molecule is CC(C)C(=O)OCCCN. The van der Waals surface area contributed by atoms with Gasteiger partial charge in [-0.05, 0) is 13.0 Å². The maximum Gasteiger partial charge on any atom is 0.308 e. The standard InChI is InChI=1S/C7H15NO2/c1-6(2)7(9)10-5-3-4-8/h6H,3-5,8H2,1-2H3. The minimum Gasteiger partial charge on any atom is -0.465 e. The van der Waals surface area contributed by atoms with Gasteiger partial charge in [-0.1, -0.05) is 13.8 Å². The van der Waals surface area contributed by atoms with Crippen molar-refractivity contribution in [3.63, 3.8) is 0 Å². The normalized spacial score (nSPS) is 10.0. The Kier molecular flexibility index (Phi) is 4.94. The van der Waals surface area contributed by atoms with Gasteiger partial charge in [-0.2, -0.15) is 0 Å². The van der Waals surface area contributed by atoms with Crippen LogP contribution in [-0.4, -0.2) is 19.1 Å². The molecule has 0 amide bonds. The van der Waals surface area contributed by atoms with E-state index in [-0.39, 0.29) is 11.9 Å². The topological polar surface area (TPSA) is 52.3 Å². The summed E-state index contributed by atoms with van der Waals surface area (Å²) in [5.41, 5.74) is 5.20. The van der Waals surface area contributed by atoms with Gasteiger partial charge in [0.05, 0.1) is 12.5 Å². The molecule has 0 fully saturated rings. The fraction of sp³-hybridized carbons (Fsp3) is 0.857. The fourth-order valence-electron chi connectivity index (χ4n) is 0.423. The predicted octanol–water partition coefficient (Wildman–Crippen LogP) is 0.534. The molecule has 0 aromatic rings. The molecule has 10 heavy (non-hydrogen) atoms. The lowest BCUT2D eigenvalue weighted by Gasteiger charge is -2.04. The Balaban J connectivity index is 3.22. The lowest BCUT2D eigenvalue weighted by Crippen LogP contribution is -2.14. The number of carbonyl (C=O) groups is 1. The number of hydrogen-bond donors (Lipinski definition) is 1. The quantitative estimate of drug-likeness (QED) is 0.464. The Hall–Kier alpha value is -0.570. The molecule has 0 heterocycles. The van der Waals surface area contributed by atoms with Crippen LogP contribution in [0.1, 0.15) is 20.3 Å². The van der Waals surface area contributed by atoms with E-state index in [9.17, 15) is 4.79 Å². The van der Waals surface area contributed by atoms with Gasteiger partial charge in [0, 0.05) is 0 Å². The third-order valence-corrected chi connectivity index (χ3v) is 1.06. The highest BCUT2D eigenvalue weighted by molar-refractivity contribution is 5.71. The molecule has 0 spiro atoms. The zero-order chi connectivity index (χ0) is 7.98. The summed E-state index contributed by atoms with van der Waals surface area (Å²) in [6.07, 6.45) is 0.748. The fourth-order valence-corrected chi connectivity index (χ4v) is 0.423. The molecular weight excluding hydrogens is 130 g/mol. The van der Waals surface area contributed by atoms with Crippen molar-refractivity contribution in [3.8, 4) is 0 Å². The number of ether oxygens (including phenoxy) is 1. The second-order valence-electron chi connectivity index (χ2n) is 2.46. The minimum atomic E-state index is -0.145. The van der Waals surface area contributed by atoms with Crippen molar-refractivity contribution in [3.05, 3.63) is 0 Å². The van der Waals surface area contributed by atoms with Gasteiger partial charge in [-0.3, -0.25) is 4.79 Å². The van der Waals surface area contributed by atoms with Gasteiger partial charge in [-0.15, -0.1) is 0 Å². The molecule has 0 saturated carbocycles. The van der Waals surface area contributed by atoms with E-state index in [1.165, 1.54) is 0 Å². The van der Waals surface area contributed by atoms with Crippen LogP contribution in [0.3, 0.4) is 0 Å². The molecule has 0 atom stereocenters. The van der Waals surface area contributed by atoms with E-state index in [1.807, 2.05) is 13.8 Å². The number of nitrogens with two attached hydrogens (primary N) is 1. The highest BCUT2D eigenvalue weighted by Crippen LogP contribution is 1.95. The lowest BCUT2D eigenvalue weighted by molar-refractivity contribution is -0.147. The summed E-state index contributed by atoms with van der Waals surface area (Å²) < 4.78 is 4.82. The Morgan fingerprint density at radius 2 is 2.20 bits per heavy atom. The Morgan fingerprint density at radius 3 is 2.60 bits per heavy atom. The van der Waals surface area contributed by atoms with E-state index in [4.69, 9.17) is 10.5 Å². The first-order valence-corrected chi connectivity index (χ1v) is 3.55. The van der Waals surface area contributed by atoms with Gasteiger partial charge >= 0.3 is 5.97 Å². The van der Waals surface area contributed by atoms with E-state index in [0.29, 0.717) is 13.2 Å². The van der Waals surface area contributed by atoms with Gasteiger partial charge in [0.15, 0.2) is 0 Å². The van der Waals surface area contributed by atoms with Gasteiger partial charge in [0.1, 0.15) is 0 Å². The van der Waals surface area contributed by atoms with Crippen LogP contribution in [-0.2, 0) is 9.53 Å². The Bertz CT molecular complexity index is 102. The van der Waals surface area contributed by atoms with Crippen LogP contribution in [0, 0.1) is 5.92 Å². The van der Waals surface area contributed by atoms with Crippen LogP contribution < -0.4 is 5.73 Å². The Labute approximate surface area is 61.5 Å².